The molecule has 2 heterocycles. The highest BCUT2D eigenvalue weighted by Crippen LogP contribution is 2.46. The van der Waals surface area contributed by atoms with Crippen molar-refractivity contribution in [2.24, 2.45) is 10.8 Å². The maximum atomic E-state index is 13.4. The number of hydrazone groups is 1. The minimum atomic E-state index is -0.638. The highest BCUT2D eigenvalue weighted by molar-refractivity contribution is 6.31. The van der Waals surface area contributed by atoms with E-state index in [1.807, 2.05) is 48.5 Å². The van der Waals surface area contributed by atoms with E-state index in [-0.39, 0.29) is 19.0 Å². The second-order valence-electron chi connectivity index (χ2n) is 9.67. The van der Waals surface area contributed by atoms with Gasteiger partial charge in [-0.2, -0.15) is 5.10 Å². The minimum Gasteiger partial charge on any atom is -0.368 e. The molecule has 2 N–H and O–H groups in total. The second kappa shape index (κ2) is 9.45. The molecule has 10 heteroatoms. The van der Waals surface area contributed by atoms with Gasteiger partial charge < -0.3 is 5.73 Å². The SMILES string of the molecule is NC(=O)Cn1c(N2C[C@@]3(CCc4ccccc43)C(c3ccc(Cl)cc3)=N2)nn(Cc2ccc(Cl)cc2)c1=O. The highest BCUT2D eigenvalue weighted by Gasteiger charge is 2.49. The summed E-state index contributed by atoms with van der Waals surface area (Å²) in [6, 6.07) is 23.2. The lowest BCUT2D eigenvalue weighted by Gasteiger charge is -2.27. The number of hydrogen-bond acceptors (Lipinski definition) is 5. The average Bonchev–Trinajstić information content (AvgIpc) is 3.57. The third kappa shape index (κ3) is 4.19. The van der Waals surface area contributed by atoms with Crippen LogP contribution in [0.4, 0.5) is 5.95 Å². The van der Waals surface area contributed by atoms with Gasteiger partial charge in [0.15, 0.2) is 0 Å². The third-order valence-electron chi connectivity index (χ3n) is 7.26. The molecule has 6 rings (SSSR count). The van der Waals surface area contributed by atoms with Gasteiger partial charge in [-0.3, -0.25) is 9.36 Å². The van der Waals surface area contributed by atoms with Crippen molar-refractivity contribution in [2.45, 2.75) is 31.3 Å². The number of nitrogens with zero attached hydrogens (tertiary/aromatic N) is 5. The normalized spacial score (nSPS) is 18.2. The van der Waals surface area contributed by atoms with Crippen molar-refractivity contribution in [1.29, 1.82) is 0 Å². The molecule has 0 bridgehead atoms. The van der Waals surface area contributed by atoms with Crippen LogP contribution in [0.15, 0.2) is 82.7 Å². The summed E-state index contributed by atoms with van der Waals surface area (Å²) in [5, 5.41) is 12.6. The fourth-order valence-corrected chi connectivity index (χ4v) is 5.77. The van der Waals surface area contributed by atoms with Crippen molar-refractivity contribution in [3.63, 3.8) is 0 Å². The molecule has 1 atom stereocenters. The van der Waals surface area contributed by atoms with E-state index in [1.54, 1.807) is 17.1 Å². The van der Waals surface area contributed by atoms with E-state index in [4.69, 9.17) is 34.0 Å². The Kier molecular flexibility index (Phi) is 6.08. The molecule has 38 heavy (non-hydrogen) atoms. The summed E-state index contributed by atoms with van der Waals surface area (Å²) in [7, 11) is 0. The van der Waals surface area contributed by atoms with Gasteiger partial charge in [0.05, 0.1) is 24.2 Å². The zero-order valence-corrected chi connectivity index (χ0v) is 21.9. The lowest BCUT2D eigenvalue weighted by molar-refractivity contribution is -0.118. The van der Waals surface area contributed by atoms with Crippen molar-refractivity contribution in [3.8, 4) is 0 Å². The number of primary amides is 1. The molecular formula is C28H24Cl2N6O2. The first-order chi connectivity index (χ1) is 18.3. The molecule has 0 saturated carbocycles. The molecule has 4 aromatic rings. The molecule has 0 unspecified atom stereocenters. The van der Waals surface area contributed by atoms with Crippen LogP contribution in [-0.2, 0) is 29.7 Å². The van der Waals surface area contributed by atoms with Crippen molar-refractivity contribution < 1.29 is 4.79 Å². The Hall–Kier alpha value is -3.88. The monoisotopic (exact) mass is 546 g/mol. The third-order valence-corrected chi connectivity index (χ3v) is 7.76. The molecule has 3 aromatic carbocycles. The predicted molar refractivity (Wildman–Crippen MR) is 148 cm³/mol. The number of rotatable bonds is 6. The lowest BCUT2D eigenvalue weighted by Crippen LogP contribution is -2.38. The number of amides is 1. The fraction of sp³-hybridized carbons (Fsp3) is 0.214. The number of halogens is 2. The van der Waals surface area contributed by atoms with Gasteiger partial charge in [0.25, 0.3) is 0 Å². The summed E-state index contributed by atoms with van der Waals surface area (Å²) in [6.07, 6.45) is 1.77. The summed E-state index contributed by atoms with van der Waals surface area (Å²) >= 11 is 12.2. The molecule has 1 spiro atoms. The number of carbonyl (C=O) groups is 1. The molecule has 1 amide bonds. The first-order valence-electron chi connectivity index (χ1n) is 12.3. The number of hydrogen-bond donors (Lipinski definition) is 1. The number of aromatic nitrogens is 3. The Balaban J connectivity index is 1.47. The van der Waals surface area contributed by atoms with Gasteiger partial charge >= 0.3 is 5.69 Å². The Labute approximate surface area is 228 Å². The van der Waals surface area contributed by atoms with E-state index in [0.717, 1.165) is 29.7 Å². The van der Waals surface area contributed by atoms with Crippen LogP contribution in [0.5, 0.6) is 0 Å². The van der Waals surface area contributed by atoms with Crippen molar-refractivity contribution in [2.75, 3.05) is 11.6 Å². The van der Waals surface area contributed by atoms with Crippen LogP contribution in [0.2, 0.25) is 10.0 Å². The maximum absolute atomic E-state index is 13.4. The number of aryl methyl sites for hydroxylation is 1. The van der Waals surface area contributed by atoms with Crippen LogP contribution in [0.1, 0.15) is 28.7 Å². The van der Waals surface area contributed by atoms with Crippen LogP contribution >= 0.6 is 23.2 Å². The number of nitrogens with two attached hydrogens (primary N) is 1. The van der Waals surface area contributed by atoms with E-state index < -0.39 is 17.0 Å². The zero-order valence-electron chi connectivity index (χ0n) is 20.3. The van der Waals surface area contributed by atoms with Crippen LogP contribution in [0, 0.1) is 0 Å². The van der Waals surface area contributed by atoms with Crippen molar-refractivity contribution >= 4 is 40.8 Å². The second-order valence-corrected chi connectivity index (χ2v) is 10.5. The minimum absolute atomic E-state index is 0.213. The van der Waals surface area contributed by atoms with Crippen LogP contribution < -0.4 is 16.4 Å². The van der Waals surface area contributed by atoms with Crippen LogP contribution in [0.3, 0.4) is 0 Å². The standard InChI is InChI=1S/C28H24Cl2N6O2/c29-21-9-5-18(6-10-21)15-35-27(38)34(16-24(31)37)26(33-35)36-17-28(14-13-19-3-1-2-4-23(19)28)25(32-36)20-7-11-22(30)12-8-20/h1-12H,13-17H2,(H2,31,37)/t28-/m1/s1. The predicted octanol–water partition coefficient (Wildman–Crippen LogP) is 3.99. The summed E-state index contributed by atoms with van der Waals surface area (Å²) in [6.45, 7) is 0.378. The highest BCUT2D eigenvalue weighted by atomic mass is 35.5. The topological polar surface area (TPSA) is 98.5 Å². The molecule has 1 aliphatic carbocycles. The van der Waals surface area contributed by atoms with Crippen LogP contribution in [0.25, 0.3) is 0 Å². The Morgan fingerprint density at radius 1 is 0.974 bits per heavy atom. The van der Waals surface area contributed by atoms with E-state index >= 15 is 0 Å². The number of carbonyl (C=O) groups excluding carboxylic acids is 1. The van der Waals surface area contributed by atoms with Gasteiger partial charge in [-0.25, -0.2) is 14.5 Å². The number of anilines is 1. The average molecular weight is 547 g/mol. The summed E-state index contributed by atoms with van der Waals surface area (Å²) in [5.74, 6) is -0.364. The van der Waals surface area contributed by atoms with Gasteiger partial charge in [0.1, 0.15) is 6.54 Å². The van der Waals surface area contributed by atoms with Gasteiger partial charge in [-0.15, -0.1) is 5.10 Å². The van der Waals surface area contributed by atoms with Gasteiger partial charge in [-0.05, 0) is 59.4 Å². The van der Waals surface area contributed by atoms with E-state index in [1.165, 1.54) is 20.4 Å². The molecular weight excluding hydrogens is 523 g/mol. The molecule has 8 nitrogen and oxygen atoms in total. The Bertz CT molecular complexity index is 1620. The van der Waals surface area contributed by atoms with Gasteiger partial charge in [0.2, 0.25) is 11.9 Å². The molecule has 0 fully saturated rings. The quantitative estimate of drug-likeness (QED) is 0.395. The molecule has 1 aliphatic heterocycles. The molecule has 192 valence electrons. The summed E-state index contributed by atoms with van der Waals surface area (Å²) in [4.78, 5) is 25.4. The molecule has 1 aromatic heterocycles. The van der Waals surface area contributed by atoms with Gasteiger partial charge in [0, 0.05) is 10.0 Å². The maximum Gasteiger partial charge on any atom is 0.348 e. The Morgan fingerprint density at radius 2 is 1.66 bits per heavy atom. The van der Waals surface area contributed by atoms with Gasteiger partial charge in [-0.1, -0.05) is 71.7 Å². The zero-order chi connectivity index (χ0) is 26.4. The molecule has 2 aliphatic rings. The van der Waals surface area contributed by atoms with Crippen LogP contribution in [-0.4, -0.2) is 32.5 Å². The van der Waals surface area contributed by atoms with E-state index in [9.17, 15) is 9.59 Å². The number of fused-ring (bicyclic) bond motifs is 2. The van der Waals surface area contributed by atoms with Crippen molar-refractivity contribution in [1.82, 2.24) is 14.3 Å². The fourth-order valence-electron chi connectivity index (χ4n) is 5.52. The van der Waals surface area contributed by atoms with E-state index in [0.29, 0.717) is 16.6 Å². The Morgan fingerprint density at radius 3 is 2.37 bits per heavy atom. The smallest absolute Gasteiger partial charge is 0.348 e. The van der Waals surface area contributed by atoms with Crippen molar-refractivity contribution in [3.05, 3.63) is 116 Å². The molecule has 0 saturated heterocycles. The first kappa shape index (κ1) is 24.5. The first-order valence-corrected chi connectivity index (χ1v) is 13.0. The summed E-state index contributed by atoms with van der Waals surface area (Å²) in [5.41, 5.74) is 9.84. The largest absolute Gasteiger partial charge is 0.368 e. The lowest BCUT2D eigenvalue weighted by atomic mass is 9.75. The summed E-state index contributed by atoms with van der Waals surface area (Å²) < 4.78 is 2.62. The number of benzene rings is 3. The molecule has 0 radical (unpaired) electrons. The van der Waals surface area contributed by atoms with E-state index in [2.05, 4.69) is 17.2 Å².